The van der Waals surface area contributed by atoms with Crippen LogP contribution in [0.15, 0.2) is 0 Å². The van der Waals surface area contributed by atoms with Crippen molar-refractivity contribution in [3.63, 3.8) is 0 Å². The fraction of sp³-hybridized carbons (Fsp3) is 0.875. The molecule has 1 atom stereocenters. The lowest BCUT2D eigenvalue weighted by atomic mass is 9.97. The van der Waals surface area contributed by atoms with E-state index in [9.17, 15) is 4.79 Å². The maximum absolute atomic E-state index is 10.6. The normalized spacial score (nSPS) is 33.6. The van der Waals surface area contributed by atoms with Gasteiger partial charge in [-0.2, -0.15) is 0 Å². The van der Waals surface area contributed by atoms with Gasteiger partial charge in [0.25, 0.3) is 0 Å². The van der Waals surface area contributed by atoms with Crippen molar-refractivity contribution in [3.8, 4) is 0 Å². The van der Waals surface area contributed by atoms with Crippen LogP contribution in [-0.2, 0) is 4.79 Å². The number of carboxylic acids is 1. The molecule has 0 amide bonds. The molecular weight excluding hydrogens is 142 g/mol. The van der Waals surface area contributed by atoms with Crippen LogP contribution in [-0.4, -0.2) is 22.7 Å². The Hall–Kier alpha value is -0.570. The van der Waals surface area contributed by atoms with Gasteiger partial charge in [0.15, 0.2) is 0 Å². The Bertz CT molecular complexity index is 187. The average molecular weight is 155 g/mol. The van der Waals surface area contributed by atoms with Gasteiger partial charge in [-0.25, -0.2) is 0 Å². The third kappa shape index (κ3) is 1.25. The summed E-state index contributed by atoms with van der Waals surface area (Å²) >= 11 is 0. The number of aliphatic carboxylic acids is 1. The zero-order valence-electron chi connectivity index (χ0n) is 6.47. The summed E-state index contributed by atoms with van der Waals surface area (Å²) in [6.45, 7) is 0. The second-order valence-corrected chi connectivity index (χ2v) is 3.71. The molecule has 1 spiro atoms. The molecule has 2 aliphatic rings. The molecule has 2 fully saturated rings. The minimum Gasteiger partial charge on any atom is -0.480 e. The minimum atomic E-state index is -0.684. The van der Waals surface area contributed by atoms with Crippen molar-refractivity contribution < 1.29 is 9.90 Å². The molecule has 0 unspecified atom stereocenters. The lowest BCUT2D eigenvalue weighted by Gasteiger charge is -2.28. The summed E-state index contributed by atoms with van der Waals surface area (Å²) < 4.78 is 0. The molecule has 3 heteroatoms. The maximum atomic E-state index is 10.6. The van der Waals surface area contributed by atoms with Gasteiger partial charge in [-0.05, 0) is 32.1 Å². The second kappa shape index (κ2) is 2.21. The molecule has 1 saturated heterocycles. The summed E-state index contributed by atoms with van der Waals surface area (Å²) in [5.41, 5.74) is 0.251. The molecule has 0 bridgehead atoms. The SMILES string of the molecule is O=C(O)[C@@H]1CCCC2(CC2)N1. The molecule has 1 heterocycles. The Balaban J connectivity index is 1.98. The second-order valence-electron chi connectivity index (χ2n) is 3.71. The molecule has 11 heavy (non-hydrogen) atoms. The van der Waals surface area contributed by atoms with Crippen molar-refractivity contribution in [2.45, 2.75) is 43.7 Å². The summed E-state index contributed by atoms with van der Waals surface area (Å²) in [7, 11) is 0. The summed E-state index contributed by atoms with van der Waals surface area (Å²) in [4.78, 5) is 10.6. The third-order valence-electron chi connectivity index (χ3n) is 2.78. The smallest absolute Gasteiger partial charge is 0.320 e. The van der Waals surface area contributed by atoms with Crippen LogP contribution in [0.25, 0.3) is 0 Å². The first-order valence-electron chi connectivity index (χ1n) is 4.22. The van der Waals surface area contributed by atoms with E-state index in [1.807, 2.05) is 0 Å². The van der Waals surface area contributed by atoms with E-state index in [-0.39, 0.29) is 11.6 Å². The topological polar surface area (TPSA) is 49.3 Å². The Kier molecular flexibility index (Phi) is 1.42. The fourth-order valence-electron chi connectivity index (χ4n) is 1.89. The van der Waals surface area contributed by atoms with Crippen LogP contribution in [0.4, 0.5) is 0 Å². The van der Waals surface area contributed by atoms with Gasteiger partial charge in [0.05, 0.1) is 0 Å². The van der Waals surface area contributed by atoms with Crippen molar-refractivity contribution in [1.29, 1.82) is 0 Å². The number of hydrogen-bond donors (Lipinski definition) is 2. The fourth-order valence-corrected chi connectivity index (χ4v) is 1.89. The van der Waals surface area contributed by atoms with Gasteiger partial charge in [0.1, 0.15) is 6.04 Å². The number of carbonyl (C=O) groups is 1. The van der Waals surface area contributed by atoms with Crippen molar-refractivity contribution in [2.24, 2.45) is 0 Å². The first kappa shape index (κ1) is 7.10. The van der Waals surface area contributed by atoms with E-state index in [4.69, 9.17) is 5.11 Å². The van der Waals surface area contributed by atoms with Crippen LogP contribution in [0.2, 0.25) is 0 Å². The van der Waals surface area contributed by atoms with Gasteiger partial charge in [-0.1, -0.05) is 0 Å². The predicted octanol–water partition coefficient (Wildman–Crippen LogP) is 0.746. The Morgan fingerprint density at radius 2 is 2.18 bits per heavy atom. The van der Waals surface area contributed by atoms with E-state index in [1.165, 1.54) is 19.3 Å². The number of nitrogens with one attached hydrogen (secondary N) is 1. The largest absolute Gasteiger partial charge is 0.480 e. The summed E-state index contributed by atoms with van der Waals surface area (Å²) in [5.74, 6) is -0.684. The Morgan fingerprint density at radius 3 is 2.73 bits per heavy atom. The van der Waals surface area contributed by atoms with E-state index in [0.717, 1.165) is 12.8 Å². The Labute approximate surface area is 65.8 Å². The van der Waals surface area contributed by atoms with Gasteiger partial charge < -0.3 is 5.11 Å². The zero-order chi connectivity index (χ0) is 7.90. The van der Waals surface area contributed by atoms with Crippen molar-refractivity contribution in [1.82, 2.24) is 5.32 Å². The number of rotatable bonds is 1. The van der Waals surface area contributed by atoms with Gasteiger partial charge in [-0.15, -0.1) is 0 Å². The van der Waals surface area contributed by atoms with Crippen LogP contribution in [0, 0.1) is 0 Å². The molecular formula is C8H13NO2. The van der Waals surface area contributed by atoms with Gasteiger partial charge in [0.2, 0.25) is 0 Å². The highest BCUT2D eigenvalue weighted by Gasteiger charge is 2.46. The Morgan fingerprint density at radius 1 is 1.45 bits per heavy atom. The van der Waals surface area contributed by atoms with Crippen molar-refractivity contribution in [3.05, 3.63) is 0 Å². The van der Waals surface area contributed by atoms with Crippen LogP contribution in [0.5, 0.6) is 0 Å². The van der Waals surface area contributed by atoms with Crippen molar-refractivity contribution >= 4 is 5.97 Å². The third-order valence-corrected chi connectivity index (χ3v) is 2.78. The summed E-state index contributed by atoms with van der Waals surface area (Å²) in [6.07, 6.45) is 5.41. The number of hydrogen-bond acceptors (Lipinski definition) is 2. The monoisotopic (exact) mass is 155 g/mol. The van der Waals surface area contributed by atoms with E-state index >= 15 is 0 Å². The molecule has 2 N–H and O–H groups in total. The average Bonchev–Trinajstić information content (AvgIpc) is 2.69. The highest BCUT2D eigenvalue weighted by Crippen LogP contribution is 2.43. The molecule has 0 aromatic heterocycles. The van der Waals surface area contributed by atoms with Gasteiger partial charge >= 0.3 is 5.97 Å². The van der Waals surface area contributed by atoms with Gasteiger partial charge in [0, 0.05) is 5.54 Å². The van der Waals surface area contributed by atoms with E-state index < -0.39 is 5.97 Å². The molecule has 3 nitrogen and oxygen atoms in total. The molecule has 0 aromatic carbocycles. The van der Waals surface area contributed by atoms with E-state index in [0.29, 0.717) is 0 Å². The quantitative estimate of drug-likeness (QED) is 0.587. The molecule has 2 rings (SSSR count). The zero-order valence-corrected chi connectivity index (χ0v) is 6.47. The molecule has 1 aliphatic heterocycles. The van der Waals surface area contributed by atoms with E-state index in [2.05, 4.69) is 5.32 Å². The van der Waals surface area contributed by atoms with Crippen LogP contribution < -0.4 is 5.32 Å². The number of carboxylic acid groups (broad SMARTS) is 1. The first-order chi connectivity index (χ1) is 5.22. The van der Waals surface area contributed by atoms with Crippen LogP contribution in [0.1, 0.15) is 32.1 Å². The maximum Gasteiger partial charge on any atom is 0.320 e. The number of piperidine rings is 1. The summed E-state index contributed by atoms with van der Waals surface area (Å²) in [5, 5.41) is 11.9. The van der Waals surface area contributed by atoms with E-state index in [1.54, 1.807) is 0 Å². The lowest BCUT2D eigenvalue weighted by molar-refractivity contribution is -0.140. The lowest BCUT2D eigenvalue weighted by Crippen LogP contribution is -2.48. The molecule has 0 radical (unpaired) electrons. The molecule has 62 valence electrons. The molecule has 1 saturated carbocycles. The highest BCUT2D eigenvalue weighted by atomic mass is 16.4. The highest BCUT2D eigenvalue weighted by molar-refractivity contribution is 5.73. The van der Waals surface area contributed by atoms with Crippen molar-refractivity contribution in [2.75, 3.05) is 0 Å². The summed E-state index contributed by atoms with van der Waals surface area (Å²) in [6, 6.07) is -0.272. The molecule has 0 aromatic rings. The van der Waals surface area contributed by atoms with Crippen LogP contribution >= 0.6 is 0 Å². The minimum absolute atomic E-state index is 0.251. The molecule has 1 aliphatic carbocycles. The van der Waals surface area contributed by atoms with Gasteiger partial charge in [-0.3, -0.25) is 10.1 Å². The standard InChI is InChI=1S/C8H13NO2/c10-7(11)6-2-1-3-8(9-6)4-5-8/h6,9H,1-5H2,(H,10,11)/t6-/m0/s1. The van der Waals surface area contributed by atoms with Crippen LogP contribution in [0.3, 0.4) is 0 Å². The first-order valence-corrected chi connectivity index (χ1v) is 4.22. The predicted molar refractivity (Wildman–Crippen MR) is 40.4 cm³/mol.